The van der Waals surface area contributed by atoms with Crippen LogP contribution in [0.5, 0.6) is 0 Å². The minimum absolute atomic E-state index is 0.342. The molecule has 2 N–H and O–H groups in total. The van der Waals surface area contributed by atoms with Crippen molar-refractivity contribution in [2.45, 2.75) is 219 Å². The Morgan fingerprint density at radius 3 is 1.20 bits per heavy atom. The van der Waals surface area contributed by atoms with E-state index in [1.807, 2.05) is 0 Å². The lowest BCUT2D eigenvalue weighted by atomic mass is 9.98. The first kappa shape index (κ1) is 44.3. The van der Waals surface area contributed by atoms with Gasteiger partial charge in [-0.15, -0.1) is 0 Å². The van der Waals surface area contributed by atoms with E-state index < -0.39 is 12.0 Å². The molecule has 0 aromatic rings. The van der Waals surface area contributed by atoms with Crippen molar-refractivity contribution in [1.82, 2.24) is 5.32 Å². The molecule has 266 valence electrons. The van der Waals surface area contributed by atoms with Gasteiger partial charge in [0.15, 0.2) is 0 Å². The van der Waals surface area contributed by atoms with Crippen molar-refractivity contribution >= 4 is 17.7 Å². The van der Waals surface area contributed by atoms with Crippen molar-refractivity contribution in [2.75, 3.05) is 12.0 Å². The maximum absolute atomic E-state index is 11.9. The fourth-order valence-corrected chi connectivity index (χ4v) is 6.68. The van der Waals surface area contributed by atoms with E-state index in [1.165, 1.54) is 173 Å². The van der Waals surface area contributed by atoms with Gasteiger partial charge < -0.3 is 10.4 Å². The first-order valence-electron chi connectivity index (χ1n) is 19.9. The summed E-state index contributed by atoms with van der Waals surface area (Å²) in [6.45, 7) is 4.56. The first-order valence-corrected chi connectivity index (χ1v) is 21.3. The number of unbranched alkanes of at least 4 members (excludes halogenated alkanes) is 23. The zero-order valence-corrected chi connectivity index (χ0v) is 31.5. The molecule has 45 heavy (non-hydrogen) atoms. The molecule has 0 aromatic carbocycles. The monoisotopic (exact) mass is 650 g/mol. The second-order valence-electron chi connectivity index (χ2n) is 13.6. The Balaban J connectivity index is 4.04. The molecule has 0 bridgehead atoms. The molecule has 0 saturated carbocycles. The largest absolute Gasteiger partial charge is 0.480 e. The molecule has 0 saturated heterocycles. The number of carboxylic acid groups (broad SMARTS) is 1. The van der Waals surface area contributed by atoms with Crippen LogP contribution in [0.2, 0.25) is 0 Å². The molecule has 0 aromatic heterocycles. The molecule has 0 fully saturated rings. The molecule has 4 heteroatoms. The number of hydrogen-bond donors (Lipinski definition) is 2. The maximum atomic E-state index is 11.9. The predicted octanol–water partition coefficient (Wildman–Crippen LogP) is 13.6. The molecule has 0 aliphatic rings. The van der Waals surface area contributed by atoms with Gasteiger partial charge in [0.05, 0.1) is 0 Å². The summed E-state index contributed by atoms with van der Waals surface area (Å²) in [5.41, 5.74) is 0. The van der Waals surface area contributed by atoms with Crippen molar-refractivity contribution < 1.29 is 9.90 Å². The quantitative estimate of drug-likeness (QED) is 0.0519. The molecule has 0 rings (SSSR count). The number of carboxylic acids is 1. The van der Waals surface area contributed by atoms with Gasteiger partial charge in [-0.3, -0.25) is 4.79 Å². The van der Waals surface area contributed by atoms with E-state index in [0.717, 1.165) is 18.6 Å². The average molecular weight is 650 g/mol. The van der Waals surface area contributed by atoms with Crippen molar-refractivity contribution in [3.63, 3.8) is 0 Å². The highest BCUT2D eigenvalue weighted by Crippen LogP contribution is 2.17. The molecule has 0 radical (unpaired) electrons. The molecule has 2 atom stereocenters. The highest BCUT2D eigenvalue weighted by Gasteiger charge is 2.20. The lowest BCUT2D eigenvalue weighted by Gasteiger charge is -2.23. The van der Waals surface area contributed by atoms with Crippen molar-refractivity contribution in [2.24, 2.45) is 0 Å². The Morgan fingerprint density at radius 1 is 0.533 bits per heavy atom. The lowest BCUT2D eigenvalue weighted by molar-refractivity contribution is -0.139. The van der Waals surface area contributed by atoms with Crippen LogP contribution in [0, 0.1) is 0 Å². The summed E-state index contributed by atoms with van der Waals surface area (Å²) < 4.78 is 0. The minimum Gasteiger partial charge on any atom is -0.480 e. The Bertz CT molecular complexity index is 649. The molecule has 0 spiro atoms. The van der Waals surface area contributed by atoms with Crippen LogP contribution in [-0.4, -0.2) is 35.2 Å². The Kier molecular flexibility index (Phi) is 37.1. The second kappa shape index (κ2) is 37.7. The van der Waals surface area contributed by atoms with Crippen molar-refractivity contribution in [3.8, 4) is 0 Å². The fraction of sp³-hybridized carbons (Fsp3) is 0.878. The Morgan fingerprint density at radius 2 is 0.867 bits per heavy atom. The highest BCUT2D eigenvalue weighted by atomic mass is 32.2. The number of allylic oxidation sites excluding steroid dienone is 4. The van der Waals surface area contributed by atoms with Crippen LogP contribution in [0.25, 0.3) is 0 Å². The average Bonchev–Trinajstić information content (AvgIpc) is 3.04. The molecule has 0 aliphatic carbocycles. The van der Waals surface area contributed by atoms with Gasteiger partial charge in [-0.05, 0) is 82.6 Å². The predicted molar refractivity (Wildman–Crippen MR) is 205 cm³/mol. The van der Waals surface area contributed by atoms with E-state index in [4.69, 9.17) is 0 Å². The molecular weight excluding hydrogens is 571 g/mol. The summed E-state index contributed by atoms with van der Waals surface area (Å²) >= 11 is 1.74. The fourth-order valence-electron chi connectivity index (χ4n) is 6.21. The molecule has 1 unspecified atom stereocenters. The van der Waals surface area contributed by atoms with Crippen molar-refractivity contribution in [3.05, 3.63) is 24.3 Å². The van der Waals surface area contributed by atoms with Crippen LogP contribution in [0.4, 0.5) is 0 Å². The third-order valence-electron chi connectivity index (χ3n) is 9.22. The van der Waals surface area contributed by atoms with Crippen LogP contribution in [0.3, 0.4) is 0 Å². The second-order valence-corrected chi connectivity index (χ2v) is 14.6. The number of nitrogens with one attached hydrogen (secondary N) is 1. The number of thioether (sulfide) groups is 1. The van der Waals surface area contributed by atoms with Crippen LogP contribution < -0.4 is 5.32 Å². The van der Waals surface area contributed by atoms with Crippen LogP contribution in [0.15, 0.2) is 24.3 Å². The number of rotatable bonds is 37. The minimum atomic E-state index is -0.681. The third kappa shape index (κ3) is 34.4. The van der Waals surface area contributed by atoms with Gasteiger partial charge in [0.25, 0.3) is 0 Å². The van der Waals surface area contributed by atoms with Gasteiger partial charge in [0, 0.05) is 6.04 Å². The zero-order chi connectivity index (χ0) is 32.9. The van der Waals surface area contributed by atoms with Gasteiger partial charge in [0.1, 0.15) is 6.04 Å². The molecule has 0 aliphatic heterocycles. The topological polar surface area (TPSA) is 49.3 Å². The SMILES string of the molecule is CCCCCCCC/C=C\CCCCCCCCC(CCCCCCC/C=C\CCCCCCCC)N[C@@H](CCSC)C(=O)O. The van der Waals surface area contributed by atoms with Gasteiger partial charge >= 0.3 is 5.97 Å². The number of aliphatic carboxylic acids is 1. The first-order chi connectivity index (χ1) is 22.2. The normalized spacial score (nSPS) is 13.3. The van der Waals surface area contributed by atoms with E-state index in [2.05, 4.69) is 49.7 Å². The summed E-state index contributed by atoms with van der Waals surface area (Å²) in [7, 11) is 0. The summed E-state index contributed by atoms with van der Waals surface area (Å²) in [4.78, 5) is 11.9. The summed E-state index contributed by atoms with van der Waals surface area (Å²) in [6, 6.07) is -0.0608. The summed E-state index contributed by atoms with van der Waals surface area (Å²) in [5.74, 6) is 0.220. The van der Waals surface area contributed by atoms with Gasteiger partial charge in [0.2, 0.25) is 0 Å². The zero-order valence-electron chi connectivity index (χ0n) is 30.6. The van der Waals surface area contributed by atoms with Gasteiger partial charge in [-0.2, -0.15) is 11.8 Å². The van der Waals surface area contributed by atoms with Crippen LogP contribution in [0.1, 0.15) is 206 Å². The number of hydrogen-bond acceptors (Lipinski definition) is 3. The van der Waals surface area contributed by atoms with Crippen molar-refractivity contribution in [1.29, 1.82) is 0 Å². The van der Waals surface area contributed by atoms with E-state index in [-0.39, 0.29) is 0 Å². The van der Waals surface area contributed by atoms with E-state index >= 15 is 0 Å². The summed E-state index contributed by atoms with van der Waals surface area (Å²) in [5, 5.41) is 13.3. The Hall–Kier alpha value is -0.740. The smallest absolute Gasteiger partial charge is 0.320 e. The third-order valence-corrected chi connectivity index (χ3v) is 9.87. The van der Waals surface area contributed by atoms with Crippen LogP contribution in [-0.2, 0) is 4.79 Å². The van der Waals surface area contributed by atoms with E-state index in [0.29, 0.717) is 12.5 Å². The number of carbonyl (C=O) groups is 1. The molecular formula is C41H79NO2S. The molecule has 0 heterocycles. The Labute approximate surface area is 287 Å². The summed E-state index contributed by atoms with van der Waals surface area (Å²) in [6.07, 6.45) is 50.5. The lowest BCUT2D eigenvalue weighted by Crippen LogP contribution is -2.43. The van der Waals surface area contributed by atoms with Gasteiger partial charge in [-0.25, -0.2) is 0 Å². The van der Waals surface area contributed by atoms with E-state index in [1.54, 1.807) is 11.8 Å². The van der Waals surface area contributed by atoms with Gasteiger partial charge in [-0.1, -0.05) is 160 Å². The van der Waals surface area contributed by atoms with E-state index in [9.17, 15) is 9.90 Å². The van der Waals surface area contributed by atoms with Crippen LogP contribution >= 0.6 is 11.8 Å². The highest BCUT2D eigenvalue weighted by molar-refractivity contribution is 7.98. The molecule has 0 amide bonds. The standard InChI is InChI=1S/C41H79NO2S/c1-4-6-8-10-12-14-16-18-20-22-24-26-28-30-32-34-36-39(42-40(41(43)44)37-38-45-3)35-33-31-29-27-25-23-21-19-17-15-13-11-9-7-5-2/h18-21,39-40,42H,4-17,22-38H2,1-3H3,(H,43,44)/b20-18-,21-19-/t39?,40-/m0/s1. The molecule has 3 nitrogen and oxygen atoms in total. The maximum Gasteiger partial charge on any atom is 0.320 e.